The maximum atomic E-state index is 6.01. The van der Waals surface area contributed by atoms with E-state index >= 15 is 0 Å². The van der Waals surface area contributed by atoms with Crippen molar-refractivity contribution in [2.24, 2.45) is 0 Å². The Hall–Kier alpha value is -1.88. The van der Waals surface area contributed by atoms with Gasteiger partial charge in [-0.05, 0) is 25.5 Å². The molecule has 0 spiro atoms. The van der Waals surface area contributed by atoms with Gasteiger partial charge in [-0.3, -0.25) is 0 Å². The van der Waals surface area contributed by atoms with Crippen molar-refractivity contribution in [3.8, 4) is 0 Å². The van der Waals surface area contributed by atoms with Crippen LogP contribution in [0.25, 0.3) is 11.0 Å². The molecule has 0 bridgehead atoms. The Balaban J connectivity index is 2.13. The van der Waals surface area contributed by atoms with Crippen LogP contribution >= 0.6 is 11.3 Å². The fourth-order valence-electron chi connectivity index (χ4n) is 2.18. The molecule has 0 aliphatic heterocycles. The molecule has 5 heteroatoms. The van der Waals surface area contributed by atoms with E-state index in [9.17, 15) is 0 Å². The molecule has 4 nitrogen and oxygen atoms in total. The van der Waals surface area contributed by atoms with Gasteiger partial charge in [0.2, 0.25) is 5.95 Å². The minimum atomic E-state index is 0.561. The van der Waals surface area contributed by atoms with Crippen LogP contribution in [0.2, 0.25) is 0 Å². The topological polar surface area (TPSA) is 56.7 Å². The molecule has 0 atom stereocenters. The molecule has 2 aromatic heterocycles. The van der Waals surface area contributed by atoms with Crippen LogP contribution in [0.4, 0.5) is 5.95 Å². The lowest BCUT2D eigenvalue weighted by atomic mass is 10.2. The number of aryl methyl sites for hydroxylation is 2. The van der Waals surface area contributed by atoms with Crippen molar-refractivity contribution in [3.63, 3.8) is 0 Å². The predicted molar refractivity (Wildman–Crippen MR) is 74.8 cm³/mol. The smallest absolute Gasteiger partial charge is 0.201 e. The average molecular weight is 258 g/mol. The molecule has 0 saturated heterocycles. The Kier molecular flexibility index (Phi) is 2.56. The van der Waals surface area contributed by atoms with E-state index in [1.54, 1.807) is 11.3 Å². The number of hydrogen-bond donors (Lipinski definition) is 1. The molecular formula is C13H14N4S. The van der Waals surface area contributed by atoms with E-state index in [1.165, 1.54) is 10.4 Å². The first-order valence-electron chi connectivity index (χ1n) is 5.78. The van der Waals surface area contributed by atoms with Gasteiger partial charge in [0.15, 0.2) is 0 Å². The van der Waals surface area contributed by atoms with Crippen LogP contribution in [0.3, 0.4) is 0 Å². The number of benzene rings is 1. The lowest BCUT2D eigenvalue weighted by molar-refractivity contribution is 0.848. The summed E-state index contributed by atoms with van der Waals surface area (Å²) >= 11 is 1.69. The first kappa shape index (κ1) is 11.2. The number of hydrogen-bond acceptors (Lipinski definition) is 4. The Bertz CT molecular complexity index is 711. The zero-order chi connectivity index (χ0) is 12.7. The van der Waals surface area contributed by atoms with E-state index in [1.807, 2.05) is 25.3 Å². The van der Waals surface area contributed by atoms with E-state index in [-0.39, 0.29) is 0 Å². The van der Waals surface area contributed by atoms with Gasteiger partial charge in [-0.25, -0.2) is 9.97 Å². The molecular weight excluding hydrogens is 244 g/mol. The first-order valence-corrected chi connectivity index (χ1v) is 6.59. The number of nitrogen functional groups attached to an aromatic ring is 1. The van der Waals surface area contributed by atoms with Crippen LogP contribution in [-0.2, 0) is 6.54 Å². The second-order valence-corrected chi connectivity index (χ2v) is 5.66. The molecule has 2 N–H and O–H groups in total. The SMILES string of the molecule is Cc1ncc(Cn2c(N)nc3cccc(C)c32)s1. The van der Waals surface area contributed by atoms with Gasteiger partial charge >= 0.3 is 0 Å². The maximum absolute atomic E-state index is 6.01. The van der Waals surface area contributed by atoms with Crippen molar-refractivity contribution in [2.45, 2.75) is 20.4 Å². The second kappa shape index (κ2) is 4.10. The Labute approximate surface area is 109 Å². The number of para-hydroxylation sites is 1. The fraction of sp³-hybridized carbons (Fsp3) is 0.231. The molecule has 0 unspecified atom stereocenters. The molecule has 3 rings (SSSR count). The number of aromatic nitrogens is 3. The van der Waals surface area contributed by atoms with Gasteiger partial charge in [-0.1, -0.05) is 12.1 Å². The van der Waals surface area contributed by atoms with E-state index in [2.05, 4.69) is 27.5 Å². The summed E-state index contributed by atoms with van der Waals surface area (Å²) in [7, 11) is 0. The third kappa shape index (κ3) is 1.76. The van der Waals surface area contributed by atoms with Crippen molar-refractivity contribution in [3.05, 3.63) is 39.8 Å². The minimum Gasteiger partial charge on any atom is -0.369 e. The van der Waals surface area contributed by atoms with E-state index in [0.717, 1.165) is 22.6 Å². The highest BCUT2D eigenvalue weighted by Crippen LogP contribution is 2.24. The molecule has 0 fully saturated rings. The van der Waals surface area contributed by atoms with Gasteiger partial charge in [0.05, 0.1) is 22.6 Å². The zero-order valence-corrected chi connectivity index (χ0v) is 11.2. The Morgan fingerprint density at radius 1 is 1.33 bits per heavy atom. The molecule has 0 amide bonds. The van der Waals surface area contributed by atoms with Crippen molar-refractivity contribution >= 4 is 28.3 Å². The molecule has 92 valence electrons. The van der Waals surface area contributed by atoms with Crippen molar-refractivity contribution in [1.82, 2.24) is 14.5 Å². The molecule has 3 aromatic rings. The molecule has 0 radical (unpaired) electrons. The average Bonchev–Trinajstić information content (AvgIpc) is 2.85. The highest BCUT2D eigenvalue weighted by Gasteiger charge is 2.11. The minimum absolute atomic E-state index is 0.561. The number of nitrogens with two attached hydrogens (primary N) is 1. The zero-order valence-electron chi connectivity index (χ0n) is 10.3. The Morgan fingerprint density at radius 3 is 2.89 bits per heavy atom. The van der Waals surface area contributed by atoms with Gasteiger partial charge in [0, 0.05) is 11.1 Å². The van der Waals surface area contributed by atoms with Crippen LogP contribution in [0, 0.1) is 13.8 Å². The van der Waals surface area contributed by atoms with Crippen LogP contribution in [0.15, 0.2) is 24.4 Å². The van der Waals surface area contributed by atoms with Crippen LogP contribution < -0.4 is 5.73 Å². The molecule has 0 aliphatic carbocycles. The number of imidazole rings is 1. The van der Waals surface area contributed by atoms with Gasteiger partial charge in [0.25, 0.3) is 0 Å². The number of nitrogens with zero attached hydrogens (tertiary/aromatic N) is 3. The lowest BCUT2D eigenvalue weighted by Gasteiger charge is -2.05. The summed E-state index contributed by atoms with van der Waals surface area (Å²) in [5.74, 6) is 0.561. The third-order valence-corrected chi connectivity index (χ3v) is 3.88. The quantitative estimate of drug-likeness (QED) is 0.769. The molecule has 0 saturated carbocycles. The number of rotatable bonds is 2. The fourth-order valence-corrected chi connectivity index (χ4v) is 2.96. The number of thiazole rings is 1. The predicted octanol–water partition coefficient (Wildman–Crippen LogP) is 2.74. The van der Waals surface area contributed by atoms with E-state index in [4.69, 9.17) is 5.73 Å². The lowest BCUT2D eigenvalue weighted by Crippen LogP contribution is -2.04. The summed E-state index contributed by atoms with van der Waals surface area (Å²) < 4.78 is 2.05. The molecule has 0 aliphatic rings. The van der Waals surface area contributed by atoms with Crippen LogP contribution in [-0.4, -0.2) is 14.5 Å². The van der Waals surface area contributed by atoms with Gasteiger partial charge in [-0.15, -0.1) is 11.3 Å². The van der Waals surface area contributed by atoms with Crippen molar-refractivity contribution in [1.29, 1.82) is 0 Å². The summed E-state index contributed by atoms with van der Waals surface area (Å²) in [4.78, 5) is 9.87. The molecule has 2 heterocycles. The summed E-state index contributed by atoms with van der Waals surface area (Å²) in [5.41, 5.74) is 9.27. The highest BCUT2D eigenvalue weighted by molar-refractivity contribution is 7.11. The van der Waals surface area contributed by atoms with E-state index in [0.29, 0.717) is 5.95 Å². The Morgan fingerprint density at radius 2 is 2.17 bits per heavy atom. The normalized spacial score (nSPS) is 11.2. The van der Waals surface area contributed by atoms with Crippen LogP contribution in [0.5, 0.6) is 0 Å². The summed E-state index contributed by atoms with van der Waals surface area (Å²) in [5, 5.41) is 1.07. The molecule has 18 heavy (non-hydrogen) atoms. The van der Waals surface area contributed by atoms with Crippen molar-refractivity contribution < 1.29 is 0 Å². The number of fused-ring (bicyclic) bond motifs is 1. The largest absolute Gasteiger partial charge is 0.369 e. The number of anilines is 1. The van der Waals surface area contributed by atoms with E-state index < -0.39 is 0 Å². The first-order chi connectivity index (χ1) is 8.65. The summed E-state index contributed by atoms with van der Waals surface area (Å²) in [6, 6.07) is 6.08. The monoisotopic (exact) mass is 258 g/mol. The summed E-state index contributed by atoms with van der Waals surface area (Å²) in [6.07, 6.45) is 1.91. The summed E-state index contributed by atoms with van der Waals surface area (Å²) in [6.45, 7) is 4.82. The highest BCUT2D eigenvalue weighted by atomic mass is 32.1. The van der Waals surface area contributed by atoms with Crippen molar-refractivity contribution in [2.75, 3.05) is 5.73 Å². The standard InChI is InChI=1S/C13H14N4S/c1-8-4-3-5-11-12(8)17(13(14)16-11)7-10-6-15-9(2)18-10/h3-6H,7H2,1-2H3,(H2,14,16). The van der Waals surface area contributed by atoms with Crippen LogP contribution in [0.1, 0.15) is 15.4 Å². The maximum Gasteiger partial charge on any atom is 0.201 e. The molecule has 1 aromatic carbocycles. The second-order valence-electron chi connectivity index (χ2n) is 4.34. The van der Waals surface area contributed by atoms with Gasteiger partial charge in [-0.2, -0.15) is 0 Å². The van der Waals surface area contributed by atoms with Gasteiger partial charge < -0.3 is 10.3 Å². The third-order valence-electron chi connectivity index (χ3n) is 2.98. The van der Waals surface area contributed by atoms with Gasteiger partial charge in [0.1, 0.15) is 0 Å².